The standard InChI is InChI=1S/C43H78N2O6/c1-3-5-7-9-11-13-15-17-19-21-23-25-27-29-31-33-40(46)44-36-35-39(38(43(50)51)37-42(48)49)45-41(47)34-32-30-28-26-24-22-20-18-16-14-12-10-8-6-4-2/h17-20,38-39H,3-16,21-37H2,1-2H3,(H,44,46)(H,45,47)(H,48,49)(H,50,51). The fourth-order valence-electron chi connectivity index (χ4n) is 6.41. The van der Waals surface area contributed by atoms with E-state index >= 15 is 0 Å². The van der Waals surface area contributed by atoms with Gasteiger partial charge in [0, 0.05) is 25.4 Å². The smallest absolute Gasteiger partial charge is 0.309 e. The Hall–Kier alpha value is -2.64. The van der Waals surface area contributed by atoms with Crippen molar-refractivity contribution in [3.05, 3.63) is 24.3 Å². The zero-order valence-corrected chi connectivity index (χ0v) is 32.9. The highest BCUT2D eigenvalue weighted by molar-refractivity contribution is 5.81. The molecule has 0 radical (unpaired) electrons. The molecule has 0 rings (SSSR count). The van der Waals surface area contributed by atoms with E-state index in [1.165, 1.54) is 96.3 Å². The summed E-state index contributed by atoms with van der Waals surface area (Å²) in [6.07, 6.45) is 40.1. The lowest BCUT2D eigenvalue weighted by molar-refractivity contribution is -0.149. The van der Waals surface area contributed by atoms with E-state index in [9.17, 15) is 29.4 Å². The van der Waals surface area contributed by atoms with Crippen LogP contribution in [0.2, 0.25) is 0 Å². The van der Waals surface area contributed by atoms with Gasteiger partial charge >= 0.3 is 11.9 Å². The Morgan fingerprint density at radius 3 is 1.27 bits per heavy atom. The number of allylic oxidation sites excluding steroid dienone is 4. The zero-order valence-electron chi connectivity index (χ0n) is 32.9. The Morgan fingerprint density at radius 1 is 0.510 bits per heavy atom. The molecule has 8 nitrogen and oxygen atoms in total. The van der Waals surface area contributed by atoms with E-state index in [0.717, 1.165) is 64.2 Å². The van der Waals surface area contributed by atoms with Gasteiger partial charge in [0.15, 0.2) is 0 Å². The Kier molecular flexibility index (Phi) is 35.2. The van der Waals surface area contributed by atoms with Crippen LogP contribution >= 0.6 is 0 Å². The second kappa shape index (κ2) is 37.1. The minimum atomic E-state index is -1.26. The van der Waals surface area contributed by atoms with E-state index in [1.807, 2.05) is 0 Å². The van der Waals surface area contributed by atoms with Crippen LogP contribution in [0.4, 0.5) is 0 Å². The van der Waals surface area contributed by atoms with Crippen molar-refractivity contribution >= 4 is 23.8 Å². The van der Waals surface area contributed by atoms with Crippen LogP contribution in [0.15, 0.2) is 24.3 Å². The Bertz CT molecular complexity index is 918. The third-order valence-corrected chi connectivity index (χ3v) is 9.65. The molecule has 0 aromatic rings. The van der Waals surface area contributed by atoms with E-state index in [2.05, 4.69) is 48.8 Å². The summed E-state index contributed by atoms with van der Waals surface area (Å²) in [6, 6.07) is -0.866. The molecule has 2 atom stereocenters. The van der Waals surface area contributed by atoms with Gasteiger partial charge in [0.25, 0.3) is 0 Å². The summed E-state index contributed by atoms with van der Waals surface area (Å²) >= 11 is 0. The summed E-state index contributed by atoms with van der Waals surface area (Å²) in [5.74, 6) is -4.12. The van der Waals surface area contributed by atoms with E-state index in [1.54, 1.807) is 0 Å². The third kappa shape index (κ3) is 34.2. The van der Waals surface area contributed by atoms with Crippen molar-refractivity contribution in [2.75, 3.05) is 6.54 Å². The summed E-state index contributed by atoms with van der Waals surface area (Å²) in [5.41, 5.74) is 0. The molecule has 0 saturated heterocycles. The number of aliphatic carboxylic acids is 2. The number of hydrogen-bond acceptors (Lipinski definition) is 4. The number of amides is 2. The molecular formula is C43H78N2O6. The molecule has 51 heavy (non-hydrogen) atoms. The molecule has 8 heteroatoms. The van der Waals surface area contributed by atoms with Crippen molar-refractivity contribution in [3.63, 3.8) is 0 Å². The maximum absolute atomic E-state index is 12.7. The van der Waals surface area contributed by atoms with E-state index < -0.39 is 30.3 Å². The number of unbranched alkanes of at least 4 members (excludes halogenated alkanes) is 22. The van der Waals surface area contributed by atoms with Gasteiger partial charge in [0.1, 0.15) is 0 Å². The largest absolute Gasteiger partial charge is 0.481 e. The van der Waals surface area contributed by atoms with E-state index in [0.29, 0.717) is 12.8 Å². The van der Waals surface area contributed by atoms with Gasteiger partial charge < -0.3 is 20.8 Å². The molecule has 0 saturated carbocycles. The number of rotatable bonds is 38. The van der Waals surface area contributed by atoms with Gasteiger partial charge in [0.05, 0.1) is 12.3 Å². The first-order valence-electron chi connectivity index (χ1n) is 21.1. The number of hydrogen-bond donors (Lipinski definition) is 4. The highest BCUT2D eigenvalue weighted by Crippen LogP contribution is 2.16. The molecule has 0 aliphatic heterocycles. The van der Waals surface area contributed by atoms with E-state index in [4.69, 9.17) is 0 Å². The second-order valence-corrected chi connectivity index (χ2v) is 14.5. The molecule has 2 amide bonds. The van der Waals surface area contributed by atoms with Crippen LogP contribution in [0.25, 0.3) is 0 Å². The molecule has 0 aliphatic carbocycles. The molecule has 0 spiro atoms. The Balaban J connectivity index is 4.19. The topological polar surface area (TPSA) is 133 Å². The summed E-state index contributed by atoms with van der Waals surface area (Å²) in [6.45, 7) is 4.68. The van der Waals surface area contributed by atoms with Crippen LogP contribution < -0.4 is 10.6 Å². The minimum Gasteiger partial charge on any atom is -0.481 e. The third-order valence-electron chi connectivity index (χ3n) is 9.65. The first kappa shape index (κ1) is 48.4. The maximum Gasteiger partial charge on any atom is 0.309 e. The number of carbonyl (C=O) groups excluding carboxylic acids is 2. The van der Waals surface area contributed by atoms with Crippen molar-refractivity contribution < 1.29 is 29.4 Å². The highest BCUT2D eigenvalue weighted by Gasteiger charge is 2.31. The summed E-state index contributed by atoms with van der Waals surface area (Å²) in [5, 5.41) is 24.6. The number of carboxylic acids is 2. The lowest BCUT2D eigenvalue weighted by atomic mass is 9.93. The first-order valence-corrected chi connectivity index (χ1v) is 21.1. The zero-order chi connectivity index (χ0) is 37.6. The number of carboxylic acid groups (broad SMARTS) is 2. The summed E-state index contributed by atoms with van der Waals surface area (Å²) in [7, 11) is 0. The second-order valence-electron chi connectivity index (χ2n) is 14.5. The van der Waals surface area contributed by atoms with Crippen LogP contribution in [-0.4, -0.2) is 46.6 Å². The van der Waals surface area contributed by atoms with Crippen LogP contribution in [0.1, 0.15) is 206 Å². The lowest BCUT2D eigenvalue weighted by Gasteiger charge is -2.24. The van der Waals surface area contributed by atoms with Crippen LogP contribution in [-0.2, 0) is 19.2 Å². The lowest BCUT2D eigenvalue weighted by Crippen LogP contribution is -2.46. The van der Waals surface area contributed by atoms with Gasteiger partial charge in [-0.15, -0.1) is 0 Å². The summed E-state index contributed by atoms with van der Waals surface area (Å²) < 4.78 is 0. The van der Waals surface area contributed by atoms with Crippen molar-refractivity contribution in [1.29, 1.82) is 0 Å². The SMILES string of the molecule is CCCCCCCCC=CCCCCCCCC(=O)NCCC(NC(=O)CCCCCCCC=CCCCCCCCC)C(CC(=O)O)C(=O)O. The van der Waals surface area contributed by atoms with Gasteiger partial charge in [-0.3, -0.25) is 19.2 Å². The molecule has 0 bridgehead atoms. The molecule has 0 heterocycles. The first-order chi connectivity index (χ1) is 24.8. The number of carbonyl (C=O) groups is 4. The van der Waals surface area contributed by atoms with Crippen LogP contribution in [0, 0.1) is 5.92 Å². The quantitative estimate of drug-likeness (QED) is 0.0371. The highest BCUT2D eigenvalue weighted by atomic mass is 16.4. The Morgan fingerprint density at radius 2 is 0.882 bits per heavy atom. The monoisotopic (exact) mass is 719 g/mol. The maximum atomic E-state index is 12.7. The van der Waals surface area contributed by atoms with Crippen molar-refractivity contribution in [2.45, 2.75) is 213 Å². The van der Waals surface area contributed by atoms with E-state index in [-0.39, 0.29) is 31.2 Å². The molecule has 0 aromatic heterocycles. The molecule has 296 valence electrons. The molecule has 4 N–H and O–H groups in total. The number of nitrogens with one attached hydrogen (secondary N) is 2. The van der Waals surface area contributed by atoms with Crippen LogP contribution in [0.3, 0.4) is 0 Å². The van der Waals surface area contributed by atoms with Crippen LogP contribution in [0.5, 0.6) is 0 Å². The summed E-state index contributed by atoms with van der Waals surface area (Å²) in [4.78, 5) is 48.4. The fraction of sp³-hybridized carbons (Fsp3) is 0.814. The van der Waals surface area contributed by atoms with Crippen molar-refractivity contribution in [3.8, 4) is 0 Å². The van der Waals surface area contributed by atoms with Crippen molar-refractivity contribution in [2.24, 2.45) is 5.92 Å². The molecule has 0 aliphatic rings. The average Bonchev–Trinajstić information content (AvgIpc) is 3.10. The molecule has 2 unspecified atom stereocenters. The minimum absolute atomic E-state index is 0.101. The van der Waals surface area contributed by atoms with Gasteiger partial charge in [-0.25, -0.2) is 0 Å². The predicted octanol–water partition coefficient (Wildman–Crippen LogP) is 11.2. The molecule has 0 aromatic carbocycles. The normalized spacial score (nSPS) is 12.7. The van der Waals surface area contributed by atoms with Gasteiger partial charge in [-0.05, 0) is 70.6 Å². The van der Waals surface area contributed by atoms with Gasteiger partial charge in [-0.2, -0.15) is 0 Å². The van der Waals surface area contributed by atoms with Gasteiger partial charge in [-0.1, -0.05) is 141 Å². The van der Waals surface area contributed by atoms with Gasteiger partial charge in [0.2, 0.25) is 11.8 Å². The Labute approximate surface area is 312 Å². The molecular weight excluding hydrogens is 640 g/mol. The average molecular weight is 719 g/mol. The fourth-order valence-corrected chi connectivity index (χ4v) is 6.41. The predicted molar refractivity (Wildman–Crippen MR) is 212 cm³/mol. The molecule has 0 fully saturated rings. The van der Waals surface area contributed by atoms with Crippen molar-refractivity contribution in [1.82, 2.24) is 10.6 Å².